The third kappa shape index (κ3) is 3.24. The zero-order chi connectivity index (χ0) is 15.6. The van der Waals surface area contributed by atoms with Crippen molar-refractivity contribution in [2.45, 2.75) is 6.42 Å². The Morgan fingerprint density at radius 2 is 1.86 bits per heavy atom. The van der Waals surface area contributed by atoms with Crippen LogP contribution in [0.5, 0.6) is 5.75 Å². The van der Waals surface area contributed by atoms with E-state index in [9.17, 15) is 9.59 Å². The molecule has 1 amide bonds. The second-order valence-electron chi connectivity index (χ2n) is 4.73. The maximum atomic E-state index is 12.4. The fraction of sp³-hybridized carbons (Fsp3) is 0.429. The van der Waals surface area contributed by atoms with E-state index in [1.165, 1.54) is 26.4 Å². The van der Waals surface area contributed by atoms with E-state index in [0.29, 0.717) is 30.8 Å². The highest BCUT2D eigenvalue weighted by atomic mass is 35.5. The van der Waals surface area contributed by atoms with Crippen LogP contribution in [0.4, 0.5) is 0 Å². The van der Waals surface area contributed by atoms with Gasteiger partial charge in [-0.1, -0.05) is 23.2 Å². The van der Waals surface area contributed by atoms with Crippen molar-refractivity contribution in [3.05, 3.63) is 27.7 Å². The van der Waals surface area contributed by atoms with E-state index < -0.39 is 0 Å². The predicted octanol–water partition coefficient (Wildman–Crippen LogP) is 2.64. The molecule has 1 aromatic carbocycles. The zero-order valence-corrected chi connectivity index (χ0v) is 13.2. The second kappa shape index (κ2) is 6.54. The van der Waals surface area contributed by atoms with E-state index >= 15 is 0 Å². The van der Waals surface area contributed by atoms with Gasteiger partial charge >= 0.3 is 5.97 Å². The highest BCUT2D eigenvalue weighted by Gasteiger charge is 2.32. The highest BCUT2D eigenvalue weighted by molar-refractivity contribution is 6.37. The van der Waals surface area contributed by atoms with Crippen LogP contribution >= 0.6 is 23.2 Å². The number of carbonyl (C=O) groups is 2. The van der Waals surface area contributed by atoms with Crippen LogP contribution in [-0.4, -0.2) is 44.1 Å². The van der Waals surface area contributed by atoms with Crippen LogP contribution in [-0.2, 0) is 9.53 Å². The maximum absolute atomic E-state index is 12.4. The average Bonchev–Trinajstić information content (AvgIpc) is 2.95. The SMILES string of the molecule is COC(=O)C1CCN(C(=O)c2cc(Cl)c(OC)c(Cl)c2)C1. The molecule has 114 valence electrons. The van der Waals surface area contributed by atoms with Gasteiger partial charge in [-0.15, -0.1) is 0 Å². The van der Waals surface area contributed by atoms with E-state index in [4.69, 9.17) is 32.7 Å². The molecular weight excluding hydrogens is 317 g/mol. The molecule has 1 aliphatic heterocycles. The lowest BCUT2D eigenvalue weighted by Gasteiger charge is -2.17. The van der Waals surface area contributed by atoms with E-state index in [1.54, 1.807) is 4.90 Å². The van der Waals surface area contributed by atoms with Crippen LogP contribution in [0.3, 0.4) is 0 Å². The number of benzene rings is 1. The largest absolute Gasteiger partial charge is 0.494 e. The van der Waals surface area contributed by atoms with Gasteiger partial charge in [-0.05, 0) is 18.6 Å². The Kier molecular flexibility index (Phi) is 4.96. The van der Waals surface area contributed by atoms with Gasteiger partial charge in [-0.25, -0.2) is 0 Å². The molecule has 7 heteroatoms. The van der Waals surface area contributed by atoms with Crippen molar-refractivity contribution in [2.24, 2.45) is 5.92 Å². The number of hydrogen-bond donors (Lipinski definition) is 0. The molecule has 1 fully saturated rings. The Morgan fingerprint density at radius 3 is 2.38 bits per heavy atom. The van der Waals surface area contributed by atoms with Crippen molar-refractivity contribution in [1.82, 2.24) is 4.90 Å². The first kappa shape index (κ1) is 15.9. The molecule has 0 bridgehead atoms. The van der Waals surface area contributed by atoms with Crippen molar-refractivity contribution in [3.63, 3.8) is 0 Å². The molecule has 2 rings (SSSR count). The molecule has 0 radical (unpaired) electrons. The van der Waals surface area contributed by atoms with Gasteiger partial charge in [0.25, 0.3) is 5.91 Å². The first-order valence-electron chi connectivity index (χ1n) is 6.38. The van der Waals surface area contributed by atoms with E-state index in [-0.39, 0.29) is 27.8 Å². The molecule has 21 heavy (non-hydrogen) atoms. The minimum absolute atomic E-state index is 0.215. The Balaban J connectivity index is 2.16. The Morgan fingerprint density at radius 1 is 1.24 bits per heavy atom. The minimum Gasteiger partial charge on any atom is -0.494 e. The first-order valence-corrected chi connectivity index (χ1v) is 7.13. The third-order valence-corrected chi connectivity index (χ3v) is 4.02. The normalized spacial score (nSPS) is 17.7. The molecule has 1 heterocycles. The van der Waals surface area contributed by atoms with Crippen molar-refractivity contribution in [1.29, 1.82) is 0 Å². The summed E-state index contributed by atoms with van der Waals surface area (Å²) in [7, 11) is 2.80. The average molecular weight is 332 g/mol. The van der Waals surface area contributed by atoms with Crippen LogP contribution in [0.2, 0.25) is 10.0 Å². The van der Waals surface area contributed by atoms with Crippen LogP contribution in [0, 0.1) is 5.92 Å². The fourth-order valence-electron chi connectivity index (χ4n) is 2.36. The third-order valence-electron chi connectivity index (χ3n) is 3.46. The van der Waals surface area contributed by atoms with Gasteiger partial charge in [0, 0.05) is 18.7 Å². The number of carbonyl (C=O) groups excluding carboxylic acids is 2. The zero-order valence-electron chi connectivity index (χ0n) is 11.7. The highest BCUT2D eigenvalue weighted by Crippen LogP contribution is 2.34. The van der Waals surface area contributed by atoms with Crippen LogP contribution < -0.4 is 4.74 Å². The number of rotatable bonds is 3. The summed E-state index contributed by atoms with van der Waals surface area (Å²) in [5.41, 5.74) is 0.372. The molecular formula is C14H15Cl2NO4. The molecule has 0 N–H and O–H groups in total. The summed E-state index contributed by atoms with van der Waals surface area (Å²) in [5.74, 6) is -0.448. The summed E-state index contributed by atoms with van der Waals surface area (Å²) in [6, 6.07) is 3.03. The minimum atomic E-state index is -0.295. The molecule has 1 saturated heterocycles. The summed E-state index contributed by atoms with van der Waals surface area (Å²) in [4.78, 5) is 25.5. The molecule has 0 aliphatic carbocycles. The van der Waals surface area contributed by atoms with Gasteiger partial charge in [0.1, 0.15) is 0 Å². The molecule has 0 aromatic heterocycles. The Hall–Kier alpha value is -1.46. The van der Waals surface area contributed by atoms with Crippen LogP contribution in [0.25, 0.3) is 0 Å². The number of methoxy groups -OCH3 is 2. The Labute approximate surface area is 132 Å². The summed E-state index contributed by atoms with van der Waals surface area (Å²) in [6.45, 7) is 0.840. The van der Waals surface area contributed by atoms with E-state index in [2.05, 4.69) is 0 Å². The number of esters is 1. The van der Waals surface area contributed by atoms with Crippen molar-refractivity contribution in [3.8, 4) is 5.75 Å². The maximum Gasteiger partial charge on any atom is 0.310 e. The van der Waals surface area contributed by atoms with Crippen molar-refractivity contribution in [2.75, 3.05) is 27.3 Å². The molecule has 1 atom stereocenters. The lowest BCUT2D eigenvalue weighted by atomic mass is 10.1. The standard InChI is InChI=1S/C14H15Cl2NO4/c1-20-12-10(15)5-9(6-11(12)16)13(18)17-4-3-8(7-17)14(19)21-2/h5-6,8H,3-4,7H2,1-2H3. The Bertz CT molecular complexity index is 553. The van der Waals surface area contributed by atoms with Gasteiger partial charge in [-0.3, -0.25) is 9.59 Å². The smallest absolute Gasteiger partial charge is 0.310 e. The molecule has 1 unspecified atom stereocenters. The lowest BCUT2D eigenvalue weighted by molar-refractivity contribution is -0.144. The fourth-order valence-corrected chi connectivity index (χ4v) is 3.01. The van der Waals surface area contributed by atoms with Gasteiger partial charge in [-0.2, -0.15) is 0 Å². The van der Waals surface area contributed by atoms with Gasteiger partial charge in [0.15, 0.2) is 5.75 Å². The first-order chi connectivity index (χ1) is 9.97. The summed E-state index contributed by atoms with van der Waals surface area (Å²) in [5, 5.41) is 0.550. The molecule has 1 aromatic rings. The van der Waals surface area contributed by atoms with Gasteiger partial charge in [0.2, 0.25) is 0 Å². The summed E-state index contributed by atoms with van der Waals surface area (Å²) in [6.07, 6.45) is 0.593. The van der Waals surface area contributed by atoms with E-state index in [0.717, 1.165) is 0 Å². The number of nitrogens with zero attached hydrogens (tertiary/aromatic N) is 1. The monoisotopic (exact) mass is 331 g/mol. The van der Waals surface area contributed by atoms with E-state index in [1.807, 2.05) is 0 Å². The number of amides is 1. The molecule has 0 spiro atoms. The van der Waals surface area contributed by atoms with Gasteiger partial charge < -0.3 is 14.4 Å². The predicted molar refractivity (Wildman–Crippen MR) is 79.0 cm³/mol. The van der Waals surface area contributed by atoms with Crippen molar-refractivity contribution < 1.29 is 19.1 Å². The van der Waals surface area contributed by atoms with Crippen LogP contribution in [0.1, 0.15) is 16.8 Å². The molecule has 0 saturated carbocycles. The van der Waals surface area contributed by atoms with Crippen LogP contribution in [0.15, 0.2) is 12.1 Å². The lowest BCUT2D eigenvalue weighted by Crippen LogP contribution is -2.30. The summed E-state index contributed by atoms with van der Waals surface area (Å²) < 4.78 is 9.75. The number of hydrogen-bond acceptors (Lipinski definition) is 4. The number of likely N-dealkylation sites (tertiary alicyclic amines) is 1. The van der Waals surface area contributed by atoms with Crippen molar-refractivity contribution >= 4 is 35.1 Å². The molecule has 1 aliphatic rings. The number of ether oxygens (including phenoxy) is 2. The quantitative estimate of drug-likeness (QED) is 0.799. The number of halogens is 2. The topological polar surface area (TPSA) is 55.8 Å². The molecule has 5 nitrogen and oxygen atoms in total. The summed E-state index contributed by atoms with van der Waals surface area (Å²) >= 11 is 12.1. The van der Waals surface area contributed by atoms with Gasteiger partial charge in [0.05, 0.1) is 30.2 Å². The second-order valence-corrected chi connectivity index (χ2v) is 5.55.